The van der Waals surface area contributed by atoms with Crippen molar-refractivity contribution < 1.29 is 14.0 Å². The van der Waals surface area contributed by atoms with Crippen molar-refractivity contribution in [2.75, 3.05) is 10.6 Å². The third kappa shape index (κ3) is 5.77. The van der Waals surface area contributed by atoms with Gasteiger partial charge in [-0.3, -0.25) is 4.79 Å². The predicted molar refractivity (Wildman–Crippen MR) is 110 cm³/mol. The quantitative estimate of drug-likeness (QED) is 0.522. The second-order valence-electron chi connectivity index (χ2n) is 5.94. The van der Waals surface area contributed by atoms with Crippen molar-refractivity contribution in [3.05, 3.63) is 82.2 Å². The van der Waals surface area contributed by atoms with Crippen LogP contribution in [0.1, 0.15) is 11.3 Å². The van der Waals surface area contributed by atoms with Crippen LogP contribution in [0, 0.1) is 0 Å². The van der Waals surface area contributed by atoms with E-state index in [-0.39, 0.29) is 18.4 Å². The SMILES string of the molecule is O=C(Cc1ccc(Cl)c(Cl)c1)Nc1ccc(NC(=O)NCc2ccco2)cc1. The Bertz CT molecular complexity index is 957. The minimum Gasteiger partial charge on any atom is -0.467 e. The highest BCUT2D eigenvalue weighted by atomic mass is 35.5. The molecular formula is C20H17Cl2N3O3. The van der Waals surface area contributed by atoms with E-state index in [0.29, 0.717) is 33.7 Å². The van der Waals surface area contributed by atoms with E-state index in [0.717, 1.165) is 5.56 Å². The standard InChI is InChI=1S/C20H17Cl2N3O3/c21-17-8-3-13(10-18(17)22)11-19(26)24-14-4-6-15(7-5-14)25-20(27)23-12-16-2-1-9-28-16/h1-10H,11-12H2,(H,24,26)(H2,23,25,27). The second-order valence-corrected chi connectivity index (χ2v) is 6.75. The maximum absolute atomic E-state index is 12.2. The Balaban J connectivity index is 1.48. The maximum Gasteiger partial charge on any atom is 0.319 e. The smallest absolute Gasteiger partial charge is 0.319 e. The molecule has 0 saturated carbocycles. The number of rotatable bonds is 6. The molecule has 0 aliphatic heterocycles. The van der Waals surface area contributed by atoms with E-state index in [1.54, 1.807) is 60.9 Å². The molecule has 0 unspecified atom stereocenters. The Morgan fingerprint density at radius 2 is 1.61 bits per heavy atom. The zero-order chi connectivity index (χ0) is 19.9. The molecule has 28 heavy (non-hydrogen) atoms. The molecule has 0 aliphatic carbocycles. The molecule has 3 rings (SSSR count). The van der Waals surface area contributed by atoms with Gasteiger partial charge in [0, 0.05) is 11.4 Å². The Kier molecular flexibility index (Phi) is 6.57. The summed E-state index contributed by atoms with van der Waals surface area (Å²) in [6.07, 6.45) is 1.72. The lowest BCUT2D eigenvalue weighted by atomic mass is 10.1. The highest BCUT2D eigenvalue weighted by molar-refractivity contribution is 6.42. The summed E-state index contributed by atoms with van der Waals surface area (Å²) < 4.78 is 5.15. The number of nitrogens with one attached hydrogen (secondary N) is 3. The molecule has 0 bridgehead atoms. The van der Waals surface area contributed by atoms with Crippen LogP contribution in [0.2, 0.25) is 10.0 Å². The van der Waals surface area contributed by atoms with Gasteiger partial charge in [-0.15, -0.1) is 0 Å². The van der Waals surface area contributed by atoms with Crippen molar-refractivity contribution in [3.8, 4) is 0 Å². The largest absolute Gasteiger partial charge is 0.467 e. The second kappa shape index (κ2) is 9.30. The van der Waals surface area contributed by atoms with Crippen molar-refractivity contribution in [3.63, 3.8) is 0 Å². The van der Waals surface area contributed by atoms with Gasteiger partial charge in [-0.2, -0.15) is 0 Å². The third-order valence-corrected chi connectivity index (χ3v) is 4.52. The van der Waals surface area contributed by atoms with E-state index < -0.39 is 0 Å². The van der Waals surface area contributed by atoms with Crippen molar-refractivity contribution in [2.45, 2.75) is 13.0 Å². The molecule has 3 N–H and O–H groups in total. The van der Waals surface area contributed by atoms with Crippen LogP contribution in [-0.2, 0) is 17.8 Å². The first-order chi connectivity index (χ1) is 13.5. The van der Waals surface area contributed by atoms with Crippen LogP contribution in [-0.4, -0.2) is 11.9 Å². The first-order valence-corrected chi connectivity index (χ1v) is 9.16. The molecule has 1 aromatic heterocycles. The summed E-state index contributed by atoms with van der Waals surface area (Å²) in [5.41, 5.74) is 1.98. The fourth-order valence-electron chi connectivity index (χ4n) is 2.43. The lowest BCUT2D eigenvalue weighted by Gasteiger charge is -2.09. The van der Waals surface area contributed by atoms with E-state index in [4.69, 9.17) is 27.6 Å². The van der Waals surface area contributed by atoms with Crippen LogP contribution in [0.5, 0.6) is 0 Å². The van der Waals surface area contributed by atoms with Crippen LogP contribution >= 0.6 is 23.2 Å². The number of furan rings is 1. The first-order valence-electron chi connectivity index (χ1n) is 8.40. The highest BCUT2D eigenvalue weighted by Crippen LogP contribution is 2.23. The number of amides is 3. The van der Waals surface area contributed by atoms with Gasteiger partial charge in [-0.25, -0.2) is 4.79 Å². The van der Waals surface area contributed by atoms with Gasteiger partial charge in [0.15, 0.2) is 0 Å². The maximum atomic E-state index is 12.2. The number of halogens is 2. The number of anilines is 2. The number of urea groups is 1. The molecule has 0 saturated heterocycles. The van der Waals surface area contributed by atoms with E-state index >= 15 is 0 Å². The molecule has 8 heteroatoms. The van der Waals surface area contributed by atoms with E-state index in [9.17, 15) is 9.59 Å². The monoisotopic (exact) mass is 417 g/mol. The number of carbonyl (C=O) groups excluding carboxylic acids is 2. The summed E-state index contributed by atoms with van der Waals surface area (Å²) in [4.78, 5) is 24.0. The molecule has 1 heterocycles. The highest BCUT2D eigenvalue weighted by Gasteiger charge is 2.07. The zero-order valence-electron chi connectivity index (χ0n) is 14.7. The Hall–Kier alpha value is -2.96. The van der Waals surface area contributed by atoms with Crippen molar-refractivity contribution in [1.82, 2.24) is 5.32 Å². The topological polar surface area (TPSA) is 83.4 Å². The van der Waals surface area contributed by atoms with Crippen LogP contribution in [0.3, 0.4) is 0 Å². The van der Waals surface area contributed by atoms with Crippen molar-refractivity contribution in [1.29, 1.82) is 0 Å². The normalized spacial score (nSPS) is 10.4. The number of hydrogen-bond acceptors (Lipinski definition) is 3. The van der Waals surface area contributed by atoms with Gasteiger partial charge in [-0.1, -0.05) is 29.3 Å². The summed E-state index contributed by atoms with van der Waals surface area (Å²) in [5, 5.41) is 9.04. The molecular weight excluding hydrogens is 401 g/mol. The van der Waals surface area contributed by atoms with E-state index in [1.165, 1.54) is 0 Å². The van der Waals surface area contributed by atoms with Gasteiger partial charge >= 0.3 is 6.03 Å². The van der Waals surface area contributed by atoms with E-state index in [1.807, 2.05) is 0 Å². The average Bonchev–Trinajstić information content (AvgIpc) is 3.18. The summed E-state index contributed by atoms with van der Waals surface area (Å²) in [5.74, 6) is 0.477. The molecule has 0 atom stereocenters. The molecule has 0 spiro atoms. The molecule has 0 radical (unpaired) electrons. The lowest BCUT2D eigenvalue weighted by molar-refractivity contribution is -0.115. The fourth-order valence-corrected chi connectivity index (χ4v) is 2.75. The molecule has 3 aromatic rings. The van der Waals surface area contributed by atoms with Gasteiger partial charge < -0.3 is 20.4 Å². The van der Waals surface area contributed by atoms with Gasteiger partial charge in [0.2, 0.25) is 5.91 Å². The van der Waals surface area contributed by atoms with E-state index in [2.05, 4.69) is 16.0 Å². The van der Waals surface area contributed by atoms with Gasteiger partial charge in [0.25, 0.3) is 0 Å². The molecule has 0 fully saturated rings. The molecule has 0 aliphatic rings. The molecule has 2 aromatic carbocycles. The molecule has 3 amide bonds. The van der Waals surface area contributed by atoms with Crippen molar-refractivity contribution >= 4 is 46.5 Å². The molecule has 6 nitrogen and oxygen atoms in total. The fraction of sp³-hybridized carbons (Fsp3) is 0.100. The van der Waals surface area contributed by atoms with Crippen LogP contribution < -0.4 is 16.0 Å². The Morgan fingerprint density at radius 1 is 0.893 bits per heavy atom. The minimum atomic E-state index is -0.354. The number of hydrogen-bond donors (Lipinski definition) is 3. The van der Waals surface area contributed by atoms with Crippen molar-refractivity contribution in [2.24, 2.45) is 0 Å². The lowest BCUT2D eigenvalue weighted by Crippen LogP contribution is -2.27. The van der Waals surface area contributed by atoms with Gasteiger partial charge in [0.05, 0.1) is 29.3 Å². The summed E-state index contributed by atoms with van der Waals surface area (Å²) >= 11 is 11.8. The van der Waals surface area contributed by atoms with Crippen LogP contribution in [0.25, 0.3) is 0 Å². The summed E-state index contributed by atoms with van der Waals surface area (Å²) in [6, 6.07) is 15.0. The summed E-state index contributed by atoms with van der Waals surface area (Å²) in [6.45, 7) is 0.293. The Morgan fingerprint density at radius 3 is 2.25 bits per heavy atom. The van der Waals surface area contributed by atoms with Gasteiger partial charge in [0.1, 0.15) is 5.76 Å². The third-order valence-electron chi connectivity index (χ3n) is 3.78. The predicted octanol–water partition coefficient (Wildman–Crippen LogP) is 5.09. The van der Waals surface area contributed by atoms with Crippen LogP contribution in [0.4, 0.5) is 16.2 Å². The Labute approximate surface area is 171 Å². The minimum absolute atomic E-state index is 0.173. The number of carbonyl (C=O) groups is 2. The number of benzene rings is 2. The van der Waals surface area contributed by atoms with Crippen LogP contribution in [0.15, 0.2) is 65.3 Å². The average molecular weight is 418 g/mol. The molecule has 144 valence electrons. The summed E-state index contributed by atoms with van der Waals surface area (Å²) in [7, 11) is 0. The zero-order valence-corrected chi connectivity index (χ0v) is 16.2. The van der Waals surface area contributed by atoms with Gasteiger partial charge in [-0.05, 0) is 54.1 Å². The first kappa shape index (κ1) is 19.8.